The molecule has 0 radical (unpaired) electrons. The van der Waals surface area contributed by atoms with Crippen molar-refractivity contribution in [2.24, 2.45) is 17.8 Å². The molecule has 1 aliphatic carbocycles. The van der Waals surface area contributed by atoms with Gasteiger partial charge in [0.05, 0.1) is 0 Å². The number of amides is 1. The number of fused-ring (bicyclic) bond motifs is 2. The zero-order chi connectivity index (χ0) is 16.8. The van der Waals surface area contributed by atoms with E-state index in [0.717, 1.165) is 44.6 Å². The summed E-state index contributed by atoms with van der Waals surface area (Å²) in [5, 5.41) is 3.47. The van der Waals surface area contributed by atoms with Gasteiger partial charge in [-0.3, -0.25) is 4.79 Å². The summed E-state index contributed by atoms with van der Waals surface area (Å²) in [4.78, 5) is 15.3. The first-order chi connectivity index (χ1) is 12.3. The summed E-state index contributed by atoms with van der Waals surface area (Å²) < 4.78 is 0. The second-order valence-corrected chi connectivity index (χ2v) is 7.76. The fourth-order valence-corrected chi connectivity index (χ4v) is 5.14. The van der Waals surface area contributed by atoms with Gasteiger partial charge >= 0.3 is 0 Å². The van der Waals surface area contributed by atoms with E-state index in [-0.39, 0.29) is 5.92 Å². The maximum atomic E-state index is 13.2. The van der Waals surface area contributed by atoms with Gasteiger partial charge in [0.1, 0.15) is 0 Å². The first-order valence-electron chi connectivity index (χ1n) is 9.50. The predicted molar refractivity (Wildman–Crippen MR) is 101 cm³/mol. The lowest BCUT2D eigenvalue weighted by atomic mass is 9.98. The van der Waals surface area contributed by atoms with Crippen LogP contribution in [0.25, 0.3) is 11.1 Å². The van der Waals surface area contributed by atoms with Gasteiger partial charge in [0, 0.05) is 18.2 Å². The number of benzene rings is 2. The molecule has 3 heteroatoms. The summed E-state index contributed by atoms with van der Waals surface area (Å²) in [7, 11) is 0. The van der Waals surface area contributed by atoms with Crippen LogP contribution in [0.2, 0.25) is 0 Å². The molecule has 0 bridgehead atoms. The quantitative estimate of drug-likeness (QED) is 0.913. The van der Waals surface area contributed by atoms with Gasteiger partial charge < -0.3 is 10.2 Å². The summed E-state index contributed by atoms with van der Waals surface area (Å²) >= 11 is 0. The van der Waals surface area contributed by atoms with Crippen molar-refractivity contribution in [2.45, 2.75) is 19.3 Å². The molecule has 1 saturated heterocycles. The Bertz CT molecular complexity index is 789. The number of nitrogens with one attached hydrogen (secondary N) is 1. The number of anilines is 1. The van der Waals surface area contributed by atoms with Crippen molar-refractivity contribution in [1.82, 2.24) is 5.32 Å². The van der Waals surface area contributed by atoms with Gasteiger partial charge in [-0.25, -0.2) is 0 Å². The van der Waals surface area contributed by atoms with Gasteiger partial charge in [-0.05, 0) is 66.9 Å². The van der Waals surface area contributed by atoms with Crippen molar-refractivity contribution in [1.29, 1.82) is 0 Å². The second kappa shape index (κ2) is 5.99. The highest BCUT2D eigenvalue weighted by Gasteiger charge is 2.42. The maximum Gasteiger partial charge on any atom is 0.230 e. The summed E-state index contributed by atoms with van der Waals surface area (Å²) in [6.45, 7) is 3.04. The zero-order valence-corrected chi connectivity index (χ0v) is 14.4. The van der Waals surface area contributed by atoms with Crippen molar-refractivity contribution in [2.75, 3.05) is 24.5 Å². The molecule has 2 aromatic carbocycles. The average molecular weight is 332 g/mol. The van der Waals surface area contributed by atoms with Crippen molar-refractivity contribution in [3.05, 3.63) is 54.1 Å². The molecule has 0 aromatic heterocycles. The minimum Gasteiger partial charge on any atom is -0.316 e. The van der Waals surface area contributed by atoms with E-state index in [4.69, 9.17) is 0 Å². The Morgan fingerprint density at radius 3 is 2.48 bits per heavy atom. The Hall–Kier alpha value is -2.13. The first-order valence-corrected chi connectivity index (χ1v) is 9.50. The van der Waals surface area contributed by atoms with E-state index in [1.54, 1.807) is 0 Å². The molecular weight excluding hydrogens is 308 g/mol. The minimum absolute atomic E-state index is 0.225. The number of carbonyl (C=O) groups excluding carboxylic acids is 1. The van der Waals surface area contributed by atoms with Crippen molar-refractivity contribution < 1.29 is 4.79 Å². The molecule has 1 saturated carbocycles. The highest BCUT2D eigenvalue weighted by molar-refractivity contribution is 5.98. The second-order valence-electron chi connectivity index (χ2n) is 7.76. The molecule has 3 atom stereocenters. The number of nitrogens with zero attached hydrogens (tertiary/aromatic N) is 1. The van der Waals surface area contributed by atoms with Gasteiger partial charge in [-0.2, -0.15) is 0 Å². The lowest BCUT2D eigenvalue weighted by molar-refractivity contribution is -0.122. The largest absolute Gasteiger partial charge is 0.316 e. The number of carbonyl (C=O) groups is 1. The van der Waals surface area contributed by atoms with Crippen LogP contribution in [0.1, 0.15) is 18.4 Å². The fraction of sp³-hybridized carbons (Fsp3) is 0.409. The van der Waals surface area contributed by atoms with Gasteiger partial charge in [-0.15, -0.1) is 0 Å². The third-order valence-electron chi connectivity index (χ3n) is 6.38. The Morgan fingerprint density at radius 1 is 0.960 bits per heavy atom. The molecular formula is C22H24N2O. The summed E-state index contributed by atoms with van der Waals surface area (Å²) in [6, 6.07) is 16.9. The van der Waals surface area contributed by atoms with Crippen molar-refractivity contribution >= 4 is 11.6 Å². The van der Waals surface area contributed by atoms with E-state index in [9.17, 15) is 4.79 Å². The molecule has 3 aliphatic rings. The normalized spacial score (nSPS) is 27.4. The van der Waals surface area contributed by atoms with Gasteiger partial charge in [0.2, 0.25) is 5.91 Å². The van der Waals surface area contributed by atoms with Gasteiger partial charge in [0.25, 0.3) is 0 Å². The van der Waals surface area contributed by atoms with Crippen LogP contribution >= 0.6 is 0 Å². The monoisotopic (exact) mass is 332 g/mol. The molecule has 3 nitrogen and oxygen atoms in total. The predicted octanol–water partition coefficient (Wildman–Crippen LogP) is 3.49. The maximum absolute atomic E-state index is 13.2. The lowest BCUT2D eigenvalue weighted by Crippen LogP contribution is -2.34. The van der Waals surface area contributed by atoms with Crippen molar-refractivity contribution in [3.8, 4) is 11.1 Å². The molecule has 1 N–H and O–H groups in total. The third kappa shape index (κ3) is 2.49. The summed E-state index contributed by atoms with van der Waals surface area (Å²) in [5.41, 5.74) is 5.00. The van der Waals surface area contributed by atoms with E-state index >= 15 is 0 Å². The molecule has 1 amide bonds. The smallest absolute Gasteiger partial charge is 0.230 e. The number of hydrogen-bond donors (Lipinski definition) is 1. The molecule has 25 heavy (non-hydrogen) atoms. The number of hydrogen-bond acceptors (Lipinski definition) is 2. The molecule has 2 aliphatic heterocycles. The topological polar surface area (TPSA) is 32.3 Å². The van der Waals surface area contributed by atoms with E-state index < -0.39 is 0 Å². The summed E-state index contributed by atoms with van der Waals surface area (Å²) in [5.74, 6) is 2.01. The minimum atomic E-state index is 0.225. The van der Waals surface area contributed by atoms with Crippen LogP contribution in [0.3, 0.4) is 0 Å². The Morgan fingerprint density at radius 2 is 1.72 bits per heavy atom. The van der Waals surface area contributed by atoms with Crippen LogP contribution in [0.15, 0.2) is 48.5 Å². The lowest BCUT2D eigenvalue weighted by Gasteiger charge is -2.22. The van der Waals surface area contributed by atoms with Crippen molar-refractivity contribution in [3.63, 3.8) is 0 Å². The SMILES string of the molecule is O=C(C1C[C@H]2CNC[C@H]2C1)N1CCc2c(-c3ccccc3)cccc21. The zero-order valence-electron chi connectivity index (χ0n) is 14.4. The van der Waals surface area contributed by atoms with Crippen LogP contribution in [0.5, 0.6) is 0 Å². The molecule has 0 spiro atoms. The van der Waals surface area contributed by atoms with Crippen LogP contribution in [0, 0.1) is 17.8 Å². The molecule has 2 fully saturated rings. The summed E-state index contributed by atoms with van der Waals surface area (Å²) in [6.07, 6.45) is 3.11. The molecule has 128 valence electrons. The van der Waals surface area contributed by atoms with E-state index in [1.807, 2.05) is 6.07 Å². The van der Waals surface area contributed by atoms with Gasteiger partial charge in [0.15, 0.2) is 0 Å². The van der Waals surface area contributed by atoms with Crippen LogP contribution < -0.4 is 10.2 Å². The standard InChI is InChI=1S/C22H24N2O/c25-22(16-11-17-13-23-14-18(17)12-16)24-10-9-20-19(7-4-8-21(20)24)15-5-2-1-3-6-15/h1-8,16-18,23H,9-14H2/t16?,17-,18+. The Kier molecular flexibility index (Phi) is 3.63. The molecule has 2 aromatic rings. The Labute approximate surface area is 149 Å². The van der Waals surface area contributed by atoms with Gasteiger partial charge in [-0.1, -0.05) is 42.5 Å². The van der Waals surface area contributed by atoms with E-state index in [1.165, 1.54) is 16.7 Å². The van der Waals surface area contributed by atoms with Crippen LogP contribution in [-0.2, 0) is 11.2 Å². The van der Waals surface area contributed by atoms with E-state index in [0.29, 0.717) is 17.7 Å². The average Bonchev–Trinajstić information content (AvgIpc) is 3.35. The Balaban J connectivity index is 1.43. The van der Waals surface area contributed by atoms with Crippen LogP contribution in [-0.4, -0.2) is 25.5 Å². The molecule has 5 rings (SSSR count). The van der Waals surface area contributed by atoms with Crippen LogP contribution in [0.4, 0.5) is 5.69 Å². The highest BCUT2D eigenvalue weighted by Crippen LogP contribution is 2.42. The highest BCUT2D eigenvalue weighted by atomic mass is 16.2. The fourth-order valence-electron chi connectivity index (χ4n) is 5.14. The molecule has 1 unspecified atom stereocenters. The first kappa shape index (κ1) is 15.2. The van der Waals surface area contributed by atoms with E-state index in [2.05, 4.69) is 52.7 Å². The molecule has 2 heterocycles. The number of rotatable bonds is 2. The third-order valence-corrected chi connectivity index (χ3v) is 6.38.